The number of azide groups is 1. The summed E-state index contributed by atoms with van der Waals surface area (Å²) in [5.41, 5.74) is 16.7. The van der Waals surface area contributed by atoms with E-state index in [9.17, 15) is 0 Å². The van der Waals surface area contributed by atoms with Gasteiger partial charge in [-0.2, -0.15) is 0 Å². The molecule has 0 aliphatic rings. The molecule has 2 rings (SSSR count). The largest absolute Gasteiger partial charge is 0.397 e. The van der Waals surface area contributed by atoms with Gasteiger partial charge in [-0.05, 0) is 28.8 Å². The fraction of sp³-hybridized carbons (Fsp3) is 0. The molecule has 84 valence electrons. The average Bonchev–Trinajstić information content (AvgIpc) is 2.36. The van der Waals surface area contributed by atoms with Crippen molar-refractivity contribution in [3.05, 3.63) is 57.9 Å². The summed E-state index contributed by atoms with van der Waals surface area (Å²) < 4.78 is 0. The van der Waals surface area contributed by atoms with E-state index in [2.05, 4.69) is 10.0 Å². The first-order valence-electron chi connectivity index (χ1n) is 4.92. The van der Waals surface area contributed by atoms with Gasteiger partial charge >= 0.3 is 0 Å². The van der Waals surface area contributed by atoms with Gasteiger partial charge in [0.1, 0.15) is 0 Å². The van der Waals surface area contributed by atoms with Crippen LogP contribution in [-0.4, -0.2) is 0 Å². The van der Waals surface area contributed by atoms with Gasteiger partial charge in [-0.15, -0.1) is 0 Å². The van der Waals surface area contributed by atoms with Crippen molar-refractivity contribution in [2.45, 2.75) is 0 Å². The molecule has 17 heavy (non-hydrogen) atoms. The highest BCUT2D eigenvalue weighted by Crippen LogP contribution is 2.35. The third kappa shape index (κ3) is 2.33. The molecule has 2 N–H and O–H groups in total. The van der Waals surface area contributed by atoms with Crippen LogP contribution < -0.4 is 5.73 Å². The van der Waals surface area contributed by atoms with Gasteiger partial charge in [0.2, 0.25) is 0 Å². The molecule has 0 saturated carbocycles. The van der Waals surface area contributed by atoms with Crippen molar-refractivity contribution < 1.29 is 0 Å². The van der Waals surface area contributed by atoms with E-state index in [1.165, 1.54) is 0 Å². The molecule has 0 heterocycles. The lowest BCUT2D eigenvalue weighted by molar-refractivity contribution is 1.47. The SMILES string of the molecule is [N-]=[N+]=Nc1cc(-c2ccccc2)cc(Cl)c1N. The normalized spacial score (nSPS) is 9.71. The fourth-order valence-corrected chi connectivity index (χ4v) is 1.75. The minimum atomic E-state index is 0.296. The number of benzene rings is 2. The first kappa shape index (κ1) is 11.3. The summed E-state index contributed by atoms with van der Waals surface area (Å²) in [6.45, 7) is 0. The Balaban J connectivity index is 2.61. The van der Waals surface area contributed by atoms with Crippen molar-refractivity contribution in [1.82, 2.24) is 0 Å². The molecule has 0 bridgehead atoms. The molecule has 0 atom stereocenters. The van der Waals surface area contributed by atoms with E-state index in [-0.39, 0.29) is 0 Å². The molecule has 0 saturated heterocycles. The van der Waals surface area contributed by atoms with Crippen LogP contribution in [0.1, 0.15) is 0 Å². The maximum Gasteiger partial charge on any atom is 0.0646 e. The minimum Gasteiger partial charge on any atom is -0.397 e. The predicted molar refractivity (Wildman–Crippen MR) is 70.1 cm³/mol. The van der Waals surface area contributed by atoms with Crippen LogP contribution in [0, 0.1) is 0 Å². The van der Waals surface area contributed by atoms with Crippen LogP contribution in [0.25, 0.3) is 21.6 Å². The topological polar surface area (TPSA) is 74.8 Å². The molecule has 2 aromatic carbocycles. The second kappa shape index (κ2) is 4.78. The molecular weight excluding hydrogens is 236 g/mol. The zero-order chi connectivity index (χ0) is 12.3. The Morgan fingerprint density at radius 2 is 1.82 bits per heavy atom. The average molecular weight is 245 g/mol. The van der Waals surface area contributed by atoms with Crippen LogP contribution in [0.15, 0.2) is 47.6 Å². The molecule has 5 heteroatoms. The van der Waals surface area contributed by atoms with E-state index >= 15 is 0 Å². The fourth-order valence-electron chi connectivity index (χ4n) is 1.53. The van der Waals surface area contributed by atoms with Gasteiger partial charge in [-0.3, -0.25) is 0 Å². The van der Waals surface area contributed by atoms with Gasteiger partial charge in [-0.1, -0.05) is 47.0 Å². The van der Waals surface area contributed by atoms with E-state index in [0.717, 1.165) is 11.1 Å². The summed E-state index contributed by atoms with van der Waals surface area (Å²) in [4.78, 5) is 2.73. The smallest absolute Gasteiger partial charge is 0.0646 e. The summed E-state index contributed by atoms with van der Waals surface area (Å²) in [7, 11) is 0. The minimum absolute atomic E-state index is 0.296. The molecule has 0 fully saturated rings. The van der Waals surface area contributed by atoms with Gasteiger partial charge in [0.05, 0.1) is 16.4 Å². The molecule has 0 aromatic heterocycles. The first-order chi connectivity index (χ1) is 8.22. The lowest BCUT2D eigenvalue weighted by Gasteiger charge is -2.07. The summed E-state index contributed by atoms with van der Waals surface area (Å²) in [5, 5.41) is 3.91. The zero-order valence-corrected chi connectivity index (χ0v) is 9.59. The van der Waals surface area contributed by atoms with Crippen LogP contribution in [0.2, 0.25) is 5.02 Å². The quantitative estimate of drug-likeness (QED) is 0.358. The molecule has 0 unspecified atom stereocenters. The van der Waals surface area contributed by atoms with Crippen molar-refractivity contribution >= 4 is 23.0 Å². The van der Waals surface area contributed by atoms with Gasteiger partial charge in [0, 0.05) is 4.91 Å². The molecule has 4 nitrogen and oxygen atoms in total. The summed E-state index contributed by atoms with van der Waals surface area (Å²) in [6, 6.07) is 13.1. The van der Waals surface area contributed by atoms with Crippen LogP contribution in [0.4, 0.5) is 11.4 Å². The van der Waals surface area contributed by atoms with E-state index in [4.69, 9.17) is 22.9 Å². The van der Waals surface area contributed by atoms with Crippen LogP contribution >= 0.6 is 11.6 Å². The monoisotopic (exact) mass is 244 g/mol. The second-order valence-electron chi connectivity index (χ2n) is 3.45. The van der Waals surface area contributed by atoms with Gasteiger partial charge in [0.25, 0.3) is 0 Å². The Morgan fingerprint density at radius 1 is 1.12 bits per heavy atom. The highest BCUT2D eigenvalue weighted by atomic mass is 35.5. The highest BCUT2D eigenvalue weighted by molar-refractivity contribution is 6.34. The van der Waals surface area contributed by atoms with Crippen molar-refractivity contribution in [2.75, 3.05) is 5.73 Å². The Morgan fingerprint density at radius 3 is 2.47 bits per heavy atom. The van der Waals surface area contributed by atoms with Crippen LogP contribution in [0.5, 0.6) is 0 Å². The van der Waals surface area contributed by atoms with E-state index in [1.807, 2.05) is 30.3 Å². The highest BCUT2D eigenvalue weighted by Gasteiger charge is 2.06. The lowest BCUT2D eigenvalue weighted by atomic mass is 10.0. The standard InChI is InChI=1S/C12H9ClN4/c13-10-6-9(8-4-2-1-3-5-8)7-11(12(10)14)16-17-15/h1-7H,14H2. The maximum absolute atomic E-state index is 8.46. The van der Waals surface area contributed by atoms with Crippen LogP contribution in [0.3, 0.4) is 0 Å². The molecule has 0 spiro atoms. The van der Waals surface area contributed by atoms with Gasteiger partial charge in [0.15, 0.2) is 0 Å². The number of hydrogen-bond donors (Lipinski definition) is 1. The summed E-state index contributed by atoms with van der Waals surface area (Å²) >= 11 is 6.00. The number of nitrogens with two attached hydrogens (primary N) is 1. The summed E-state index contributed by atoms with van der Waals surface area (Å²) in [6.07, 6.45) is 0. The van der Waals surface area contributed by atoms with Gasteiger partial charge in [-0.25, -0.2) is 0 Å². The van der Waals surface area contributed by atoms with Crippen LogP contribution in [-0.2, 0) is 0 Å². The Kier molecular flexibility index (Phi) is 3.19. The molecule has 0 amide bonds. The zero-order valence-electron chi connectivity index (χ0n) is 8.84. The molecule has 0 aliphatic heterocycles. The number of halogens is 1. The number of hydrogen-bond acceptors (Lipinski definition) is 2. The Bertz CT molecular complexity index is 589. The van der Waals surface area contributed by atoms with Crippen molar-refractivity contribution in [3.8, 4) is 11.1 Å². The third-order valence-electron chi connectivity index (χ3n) is 2.37. The van der Waals surface area contributed by atoms with E-state index < -0.39 is 0 Å². The number of nitrogens with zero attached hydrogens (tertiary/aromatic N) is 3. The van der Waals surface area contributed by atoms with E-state index in [0.29, 0.717) is 16.4 Å². The second-order valence-corrected chi connectivity index (χ2v) is 3.85. The Hall–Kier alpha value is -2.16. The van der Waals surface area contributed by atoms with Crippen molar-refractivity contribution in [3.63, 3.8) is 0 Å². The molecule has 2 aromatic rings. The van der Waals surface area contributed by atoms with E-state index in [1.54, 1.807) is 12.1 Å². The lowest BCUT2D eigenvalue weighted by Crippen LogP contribution is -1.88. The molecule has 0 radical (unpaired) electrons. The number of nitrogen functional groups attached to an aromatic ring is 1. The molecular formula is C12H9ClN4. The Labute approximate surface area is 103 Å². The van der Waals surface area contributed by atoms with Crippen molar-refractivity contribution in [1.29, 1.82) is 0 Å². The number of rotatable bonds is 2. The van der Waals surface area contributed by atoms with Crippen molar-refractivity contribution in [2.24, 2.45) is 5.11 Å². The first-order valence-corrected chi connectivity index (χ1v) is 5.29. The number of anilines is 1. The predicted octanol–water partition coefficient (Wildman–Crippen LogP) is 4.53. The molecule has 0 aliphatic carbocycles. The summed E-state index contributed by atoms with van der Waals surface area (Å²) in [5.74, 6) is 0. The maximum atomic E-state index is 8.46. The third-order valence-corrected chi connectivity index (χ3v) is 2.68. The van der Waals surface area contributed by atoms with Gasteiger partial charge < -0.3 is 5.73 Å².